The molecule has 1 aromatic heterocycles. The number of halogens is 2. The van der Waals surface area contributed by atoms with Crippen LogP contribution >= 0.6 is 23.2 Å². The number of ether oxygens (including phenoxy) is 1. The first kappa shape index (κ1) is 19.7. The highest BCUT2D eigenvalue weighted by Crippen LogP contribution is 2.20. The molecule has 1 atom stereocenters. The van der Waals surface area contributed by atoms with Crippen molar-refractivity contribution in [1.29, 1.82) is 0 Å². The van der Waals surface area contributed by atoms with E-state index in [1.807, 2.05) is 0 Å². The molecule has 0 radical (unpaired) electrons. The molecule has 0 saturated carbocycles. The van der Waals surface area contributed by atoms with Gasteiger partial charge in [0.15, 0.2) is 6.10 Å². The third-order valence-corrected chi connectivity index (χ3v) is 3.67. The fourth-order valence-corrected chi connectivity index (χ4v) is 2.35. The van der Waals surface area contributed by atoms with Crippen molar-refractivity contribution < 1.29 is 23.6 Å². The van der Waals surface area contributed by atoms with Crippen LogP contribution in [0.4, 0.5) is 5.88 Å². The van der Waals surface area contributed by atoms with Gasteiger partial charge in [-0.2, -0.15) is 0 Å². The van der Waals surface area contributed by atoms with Gasteiger partial charge in [0.25, 0.3) is 11.8 Å². The van der Waals surface area contributed by atoms with Gasteiger partial charge in [0.1, 0.15) is 6.54 Å². The Kier molecular flexibility index (Phi) is 6.59. The molecule has 0 bridgehead atoms. The number of aryl methyl sites for hydroxylation is 1. The molecule has 2 rings (SSSR count). The molecule has 2 N–H and O–H groups in total. The summed E-state index contributed by atoms with van der Waals surface area (Å²) in [6.07, 6.45) is -1.09. The van der Waals surface area contributed by atoms with Crippen molar-refractivity contribution >= 4 is 46.9 Å². The van der Waals surface area contributed by atoms with Gasteiger partial charge in [-0.05, 0) is 32.0 Å². The number of benzene rings is 1. The topological polar surface area (TPSA) is 111 Å². The Labute approximate surface area is 158 Å². The number of amides is 2. The molecule has 8 nitrogen and oxygen atoms in total. The number of hydrogen-bond acceptors (Lipinski definition) is 6. The van der Waals surface area contributed by atoms with Gasteiger partial charge in [-0.1, -0.05) is 28.4 Å². The van der Waals surface area contributed by atoms with Crippen LogP contribution < -0.4 is 10.6 Å². The lowest BCUT2D eigenvalue weighted by Gasteiger charge is -2.12. The first-order chi connectivity index (χ1) is 12.3. The zero-order chi connectivity index (χ0) is 19.3. The normalized spacial score (nSPS) is 11.5. The number of hydrogen-bond donors (Lipinski definition) is 2. The van der Waals surface area contributed by atoms with Crippen LogP contribution in [0.25, 0.3) is 0 Å². The standard InChI is InChI=1S/C16H15Cl2N3O5/c1-8-5-13(26-21-8)20-15(23)9(2)25-14(22)7-19-16(24)11-4-3-10(17)6-12(11)18/h3-6,9H,7H2,1-2H3,(H,19,24)(H,20,23). The van der Waals surface area contributed by atoms with Crippen LogP contribution in [0.15, 0.2) is 28.8 Å². The number of nitrogens with one attached hydrogen (secondary N) is 2. The third kappa shape index (κ3) is 5.47. The monoisotopic (exact) mass is 399 g/mol. The summed E-state index contributed by atoms with van der Waals surface area (Å²) in [6.45, 7) is 2.64. The number of carbonyl (C=O) groups excluding carboxylic acids is 3. The Morgan fingerprint density at radius 2 is 2.00 bits per heavy atom. The molecule has 0 saturated heterocycles. The number of carbonyl (C=O) groups is 3. The SMILES string of the molecule is Cc1cc(NC(=O)C(C)OC(=O)CNC(=O)c2ccc(Cl)cc2Cl)on1. The molecular weight excluding hydrogens is 385 g/mol. The molecular formula is C16H15Cl2N3O5. The number of rotatable bonds is 6. The summed E-state index contributed by atoms with van der Waals surface area (Å²) in [6, 6.07) is 5.86. The van der Waals surface area contributed by atoms with E-state index in [9.17, 15) is 14.4 Å². The van der Waals surface area contributed by atoms with Crippen LogP contribution in [-0.2, 0) is 14.3 Å². The maximum atomic E-state index is 12.0. The minimum Gasteiger partial charge on any atom is -0.451 e. The molecule has 138 valence electrons. The van der Waals surface area contributed by atoms with E-state index in [1.165, 1.54) is 31.2 Å². The zero-order valence-corrected chi connectivity index (χ0v) is 15.4. The van der Waals surface area contributed by atoms with Gasteiger partial charge >= 0.3 is 5.97 Å². The maximum Gasteiger partial charge on any atom is 0.326 e. The van der Waals surface area contributed by atoms with E-state index in [4.69, 9.17) is 32.5 Å². The maximum absolute atomic E-state index is 12.0. The Hall–Kier alpha value is -2.58. The second-order valence-corrected chi connectivity index (χ2v) is 6.10. The number of anilines is 1. The minimum atomic E-state index is -1.09. The van der Waals surface area contributed by atoms with Gasteiger partial charge in [0.05, 0.1) is 16.3 Å². The summed E-state index contributed by atoms with van der Waals surface area (Å²) >= 11 is 11.7. The summed E-state index contributed by atoms with van der Waals surface area (Å²) in [4.78, 5) is 35.7. The highest BCUT2D eigenvalue weighted by Gasteiger charge is 2.20. The molecule has 2 aromatic rings. The van der Waals surface area contributed by atoms with Crippen LogP contribution in [0.5, 0.6) is 0 Å². The molecule has 1 unspecified atom stereocenters. The second-order valence-electron chi connectivity index (χ2n) is 5.26. The molecule has 26 heavy (non-hydrogen) atoms. The van der Waals surface area contributed by atoms with E-state index >= 15 is 0 Å². The molecule has 0 aliphatic heterocycles. The van der Waals surface area contributed by atoms with Crippen LogP contribution in [0, 0.1) is 6.92 Å². The molecule has 10 heteroatoms. The molecule has 1 heterocycles. The number of nitrogens with zero attached hydrogens (tertiary/aromatic N) is 1. The van der Waals surface area contributed by atoms with Crippen molar-refractivity contribution in [2.75, 3.05) is 11.9 Å². The quantitative estimate of drug-likeness (QED) is 0.722. The van der Waals surface area contributed by atoms with Crippen LogP contribution in [0.3, 0.4) is 0 Å². The van der Waals surface area contributed by atoms with Gasteiger partial charge in [0, 0.05) is 11.1 Å². The average molecular weight is 400 g/mol. The lowest BCUT2D eigenvalue weighted by Crippen LogP contribution is -2.35. The van der Waals surface area contributed by atoms with Crippen molar-refractivity contribution in [1.82, 2.24) is 10.5 Å². The van der Waals surface area contributed by atoms with Gasteiger partial charge < -0.3 is 14.6 Å². The molecule has 0 aliphatic carbocycles. The van der Waals surface area contributed by atoms with Gasteiger partial charge in [-0.25, -0.2) is 0 Å². The minimum absolute atomic E-state index is 0.140. The molecule has 0 spiro atoms. The number of aromatic nitrogens is 1. The Balaban J connectivity index is 1.82. The summed E-state index contributed by atoms with van der Waals surface area (Å²) in [5.74, 6) is -1.82. The van der Waals surface area contributed by atoms with Crippen molar-refractivity contribution in [3.8, 4) is 0 Å². The molecule has 0 aliphatic rings. The Morgan fingerprint density at radius 1 is 1.27 bits per heavy atom. The van der Waals surface area contributed by atoms with Crippen LogP contribution in [0.2, 0.25) is 10.0 Å². The molecule has 1 aromatic carbocycles. The first-order valence-electron chi connectivity index (χ1n) is 7.43. The largest absolute Gasteiger partial charge is 0.451 e. The third-order valence-electron chi connectivity index (χ3n) is 3.12. The van der Waals surface area contributed by atoms with Crippen molar-refractivity contribution in [2.45, 2.75) is 20.0 Å². The lowest BCUT2D eigenvalue weighted by molar-refractivity contribution is -0.152. The fraction of sp³-hybridized carbons (Fsp3) is 0.250. The lowest BCUT2D eigenvalue weighted by atomic mass is 10.2. The van der Waals surface area contributed by atoms with E-state index in [0.29, 0.717) is 10.7 Å². The number of esters is 1. The summed E-state index contributed by atoms with van der Waals surface area (Å²) in [5, 5.41) is 8.91. The van der Waals surface area contributed by atoms with E-state index in [0.717, 1.165) is 0 Å². The predicted octanol–water partition coefficient (Wildman–Crippen LogP) is 2.59. The zero-order valence-electron chi connectivity index (χ0n) is 13.8. The van der Waals surface area contributed by atoms with Crippen molar-refractivity contribution in [3.63, 3.8) is 0 Å². The summed E-state index contributed by atoms with van der Waals surface area (Å²) < 4.78 is 9.78. The Bertz CT molecular complexity index is 837. The van der Waals surface area contributed by atoms with Crippen LogP contribution in [-0.4, -0.2) is 35.6 Å². The predicted molar refractivity (Wildman–Crippen MR) is 94.2 cm³/mol. The van der Waals surface area contributed by atoms with E-state index in [-0.39, 0.29) is 16.5 Å². The van der Waals surface area contributed by atoms with Crippen molar-refractivity contribution in [3.05, 3.63) is 45.6 Å². The van der Waals surface area contributed by atoms with Gasteiger partial charge in [0.2, 0.25) is 5.88 Å². The fourth-order valence-electron chi connectivity index (χ4n) is 1.86. The van der Waals surface area contributed by atoms with Gasteiger partial charge in [-0.3, -0.25) is 19.7 Å². The van der Waals surface area contributed by atoms with Crippen molar-refractivity contribution in [2.24, 2.45) is 0 Å². The first-order valence-corrected chi connectivity index (χ1v) is 8.18. The van der Waals surface area contributed by atoms with E-state index in [2.05, 4.69) is 15.8 Å². The van der Waals surface area contributed by atoms with Crippen LogP contribution in [0.1, 0.15) is 23.0 Å². The smallest absolute Gasteiger partial charge is 0.326 e. The molecule has 0 fully saturated rings. The summed E-state index contributed by atoms with van der Waals surface area (Å²) in [5.41, 5.74) is 0.754. The second kappa shape index (κ2) is 8.68. The summed E-state index contributed by atoms with van der Waals surface area (Å²) in [7, 11) is 0. The van der Waals surface area contributed by atoms with Gasteiger partial charge in [-0.15, -0.1) is 0 Å². The molecule has 2 amide bonds. The Morgan fingerprint density at radius 3 is 2.62 bits per heavy atom. The van der Waals surface area contributed by atoms with E-state index in [1.54, 1.807) is 6.92 Å². The van der Waals surface area contributed by atoms with E-state index < -0.39 is 30.4 Å². The average Bonchev–Trinajstić information content (AvgIpc) is 2.97. The highest BCUT2D eigenvalue weighted by atomic mass is 35.5. The highest BCUT2D eigenvalue weighted by molar-refractivity contribution is 6.36.